The number of nitrogens with one attached hydrogen (secondary N) is 2. The van der Waals surface area contributed by atoms with E-state index in [1.165, 1.54) is 0 Å². The molecule has 2 heterocycles. The van der Waals surface area contributed by atoms with Crippen LogP contribution >= 0.6 is 11.6 Å². The number of carbonyl (C=O) groups is 1. The SMILES string of the molecule is Cc1cc(Nc2ccc(NC(=O)c3ccccc3Cl)nn2)no1. The zero-order valence-corrected chi connectivity index (χ0v) is 12.8. The Kier molecular flexibility index (Phi) is 4.20. The third kappa shape index (κ3) is 3.64. The monoisotopic (exact) mass is 329 g/mol. The number of aromatic nitrogens is 3. The molecule has 8 heteroatoms. The molecule has 0 aliphatic carbocycles. The second-order valence-corrected chi connectivity index (χ2v) is 5.09. The van der Waals surface area contributed by atoms with E-state index in [9.17, 15) is 4.79 Å². The Labute approximate surface area is 136 Å². The zero-order chi connectivity index (χ0) is 16.2. The van der Waals surface area contributed by atoms with E-state index in [0.717, 1.165) is 0 Å². The van der Waals surface area contributed by atoms with Crippen LogP contribution in [0.5, 0.6) is 0 Å². The molecular formula is C15H12ClN5O2. The van der Waals surface area contributed by atoms with E-state index in [2.05, 4.69) is 26.0 Å². The molecule has 0 atom stereocenters. The normalized spacial score (nSPS) is 10.3. The Morgan fingerprint density at radius 1 is 1.09 bits per heavy atom. The van der Waals surface area contributed by atoms with E-state index in [0.29, 0.717) is 33.8 Å². The van der Waals surface area contributed by atoms with E-state index >= 15 is 0 Å². The number of nitrogens with zero attached hydrogens (tertiary/aromatic N) is 3. The predicted molar refractivity (Wildman–Crippen MR) is 86.0 cm³/mol. The molecule has 2 aromatic heterocycles. The van der Waals surface area contributed by atoms with E-state index < -0.39 is 0 Å². The molecule has 0 saturated carbocycles. The molecule has 23 heavy (non-hydrogen) atoms. The van der Waals surface area contributed by atoms with Gasteiger partial charge in [0.1, 0.15) is 5.76 Å². The minimum atomic E-state index is -0.349. The van der Waals surface area contributed by atoms with Crippen molar-refractivity contribution in [1.82, 2.24) is 15.4 Å². The molecule has 116 valence electrons. The number of halogens is 1. The van der Waals surface area contributed by atoms with Crippen LogP contribution in [0.25, 0.3) is 0 Å². The third-order valence-corrected chi connectivity index (χ3v) is 3.24. The standard InChI is InChI=1S/C15H12ClN5O2/c1-9-8-14(21-23-9)17-12-6-7-13(20-19-12)18-15(22)10-4-2-3-5-11(10)16/h2-8H,1H3,(H,17,19,21)(H,18,20,22). The minimum Gasteiger partial charge on any atom is -0.360 e. The first-order chi connectivity index (χ1) is 11.1. The summed E-state index contributed by atoms with van der Waals surface area (Å²) in [6, 6.07) is 11.8. The summed E-state index contributed by atoms with van der Waals surface area (Å²) in [7, 11) is 0. The molecule has 7 nitrogen and oxygen atoms in total. The molecule has 0 spiro atoms. The Hall–Kier alpha value is -2.93. The molecular weight excluding hydrogens is 318 g/mol. The number of amides is 1. The summed E-state index contributed by atoms with van der Waals surface area (Å²) in [5.74, 6) is 1.66. The van der Waals surface area contributed by atoms with Crippen LogP contribution in [0, 0.1) is 6.92 Å². The fraction of sp³-hybridized carbons (Fsp3) is 0.0667. The second kappa shape index (κ2) is 6.45. The van der Waals surface area contributed by atoms with Crippen molar-refractivity contribution in [1.29, 1.82) is 0 Å². The summed E-state index contributed by atoms with van der Waals surface area (Å²) in [4.78, 5) is 12.1. The van der Waals surface area contributed by atoms with Gasteiger partial charge in [-0.25, -0.2) is 0 Å². The zero-order valence-electron chi connectivity index (χ0n) is 12.1. The van der Waals surface area contributed by atoms with Gasteiger partial charge < -0.3 is 15.2 Å². The smallest absolute Gasteiger partial charge is 0.258 e. The molecule has 0 aliphatic rings. The van der Waals surface area contributed by atoms with Gasteiger partial charge in [-0.3, -0.25) is 4.79 Å². The maximum absolute atomic E-state index is 12.1. The summed E-state index contributed by atoms with van der Waals surface area (Å²) in [5, 5.41) is 17.6. The molecule has 0 fully saturated rings. The van der Waals surface area contributed by atoms with Gasteiger partial charge in [0.25, 0.3) is 5.91 Å². The summed E-state index contributed by atoms with van der Waals surface area (Å²) in [6.07, 6.45) is 0. The van der Waals surface area contributed by atoms with Crippen molar-refractivity contribution in [3.8, 4) is 0 Å². The van der Waals surface area contributed by atoms with Gasteiger partial charge >= 0.3 is 0 Å². The van der Waals surface area contributed by atoms with Gasteiger partial charge in [0.05, 0.1) is 10.6 Å². The van der Waals surface area contributed by atoms with Crippen molar-refractivity contribution in [2.45, 2.75) is 6.92 Å². The number of anilines is 3. The van der Waals surface area contributed by atoms with Crippen LogP contribution < -0.4 is 10.6 Å². The maximum atomic E-state index is 12.1. The first kappa shape index (κ1) is 15.0. The highest BCUT2D eigenvalue weighted by Gasteiger charge is 2.11. The summed E-state index contributed by atoms with van der Waals surface area (Å²) < 4.78 is 4.94. The highest BCUT2D eigenvalue weighted by molar-refractivity contribution is 6.34. The highest BCUT2D eigenvalue weighted by Crippen LogP contribution is 2.17. The Bertz CT molecular complexity index is 832. The molecule has 0 unspecified atom stereocenters. The number of rotatable bonds is 4. The average molecular weight is 330 g/mol. The van der Waals surface area contributed by atoms with E-state index in [1.807, 2.05) is 0 Å². The minimum absolute atomic E-state index is 0.316. The van der Waals surface area contributed by atoms with Crippen LogP contribution in [-0.2, 0) is 0 Å². The fourth-order valence-corrected chi connectivity index (χ4v) is 2.07. The number of carbonyl (C=O) groups excluding carboxylic acids is 1. The van der Waals surface area contributed by atoms with Crippen molar-refractivity contribution in [2.24, 2.45) is 0 Å². The van der Waals surface area contributed by atoms with E-state index in [4.69, 9.17) is 16.1 Å². The Balaban J connectivity index is 1.68. The van der Waals surface area contributed by atoms with Crippen molar-refractivity contribution in [3.63, 3.8) is 0 Å². The first-order valence-corrected chi connectivity index (χ1v) is 7.09. The number of hydrogen-bond donors (Lipinski definition) is 2. The lowest BCUT2D eigenvalue weighted by Crippen LogP contribution is -2.14. The molecule has 3 rings (SSSR count). The lowest BCUT2D eigenvalue weighted by atomic mass is 10.2. The van der Waals surface area contributed by atoms with E-state index in [1.54, 1.807) is 49.4 Å². The number of benzene rings is 1. The largest absolute Gasteiger partial charge is 0.360 e. The molecule has 1 amide bonds. The first-order valence-electron chi connectivity index (χ1n) is 6.72. The number of hydrogen-bond acceptors (Lipinski definition) is 6. The Morgan fingerprint density at radius 2 is 1.83 bits per heavy atom. The Morgan fingerprint density at radius 3 is 2.48 bits per heavy atom. The van der Waals surface area contributed by atoms with Crippen LogP contribution in [0.1, 0.15) is 16.1 Å². The van der Waals surface area contributed by atoms with Gasteiger partial charge in [-0.1, -0.05) is 28.9 Å². The molecule has 2 N–H and O–H groups in total. The van der Waals surface area contributed by atoms with Crippen molar-refractivity contribution >= 4 is 35.0 Å². The van der Waals surface area contributed by atoms with Crippen LogP contribution in [0.15, 0.2) is 47.0 Å². The topological polar surface area (TPSA) is 92.9 Å². The average Bonchev–Trinajstić information content (AvgIpc) is 2.95. The van der Waals surface area contributed by atoms with Gasteiger partial charge in [-0.05, 0) is 31.2 Å². The summed E-state index contributed by atoms with van der Waals surface area (Å²) in [5.41, 5.74) is 0.372. The van der Waals surface area contributed by atoms with Crippen LogP contribution in [0.2, 0.25) is 5.02 Å². The van der Waals surface area contributed by atoms with Gasteiger partial charge in [-0.2, -0.15) is 0 Å². The van der Waals surface area contributed by atoms with Gasteiger partial charge in [0, 0.05) is 6.07 Å². The van der Waals surface area contributed by atoms with Crippen LogP contribution in [-0.4, -0.2) is 21.3 Å². The van der Waals surface area contributed by atoms with Gasteiger partial charge in [0.2, 0.25) is 0 Å². The second-order valence-electron chi connectivity index (χ2n) is 4.69. The quantitative estimate of drug-likeness (QED) is 0.761. The highest BCUT2D eigenvalue weighted by atomic mass is 35.5. The summed E-state index contributed by atoms with van der Waals surface area (Å²) in [6.45, 7) is 1.79. The predicted octanol–water partition coefficient (Wildman–Crippen LogP) is 3.42. The van der Waals surface area contributed by atoms with Gasteiger partial charge in [-0.15, -0.1) is 10.2 Å². The fourth-order valence-electron chi connectivity index (χ4n) is 1.85. The third-order valence-electron chi connectivity index (χ3n) is 2.91. The molecule has 0 bridgehead atoms. The van der Waals surface area contributed by atoms with E-state index in [-0.39, 0.29) is 5.91 Å². The lowest BCUT2D eigenvalue weighted by Gasteiger charge is -2.06. The van der Waals surface area contributed by atoms with Crippen LogP contribution in [0.4, 0.5) is 17.5 Å². The maximum Gasteiger partial charge on any atom is 0.258 e. The lowest BCUT2D eigenvalue weighted by molar-refractivity contribution is 0.102. The van der Waals surface area contributed by atoms with Crippen LogP contribution in [0.3, 0.4) is 0 Å². The van der Waals surface area contributed by atoms with Crippen molar-refractivity contribution < 1.29 is 9.32 Å². The number of aryl methyl sites for hydroxylation is 1. The molecule has 0 aliphatic heterocycles. The van der Waals surface area contributed by atoms with Crippen molar-refractivity contribution in [2.75, 3.05) is 10.6 Å². The molecule has 1 aromatic carbocycles. The molecule has 0 radical (unpaired) electrons. The summed E-state index contributed by atoms with van der Waals surface area (Å²) >= 11 is 5.98. The molecule has 0 saturated heterocycles. The van der Waals surface area contributed by atoms with Crippen molar-refractivity contribution in [3.05, 3.63) is 58.8 Å². The van der Waals surface area contributed by atoms with Gasteiger partial charge in [0.15, 0.2) is 17.5 Å². The molecule has 3 aromatic rings.